The Morgan fingerprint density at radius 3 is 2.42 bits per heavy atom. The molecule has 0 radical (unpaired) electrons. The minimum Gasteiger partial charge on any atom is -0.495 e. The van der Waals surface area contributed by atoms with Gasteiger partial charge < -0.3 is 28.4 Å². The third-order valence-electron chi connectivity index (χ3n) is 9.63. The second kappa shape index (κ2) is 7.91. The quantitative estimate of drug-likeness (QED) is 0.433. The van der Waals surface area contributed by atoms with Crippen LogP contribution in [0.25, 0.3) is 10.9 Å². The number of fused-ring (bicyclic) bond motifs is 5. The first kappa shape index (κ1) is 25.2. The van der Waals surface area contributed by atoms with Gasteiger partial charge in [0.1, 0.15) is 22.7 Å². The summed E-state index contributed by atoms with van der Waals surface area (Å²) in [6, 6.07) is 11.4. The number of para-hydroxylation sites is 2. The van der Waals surface area contributed by atoms with Gasteiger partial charge in [-0.2, -0.15) is 0 Å². The normalized spacial score (nSPS) is 31.2. The molecule has 5 atom stereocenters. The number of methoxy groups -OCH3 is 2. The van der Waals surface area contributed by atoms with Crippen LogP contribution in [0.2, 0.25) is 0 Å². The summed E-state index contributed by atoms with van der Waals surface area (Å²) in [4.78, 5) is 31.0. The Labute approximate surface area is 233 Å². The molecule has 208 valence electrons. The molecule has 1 aromatic heterocycles. The maximum Gasteiger partial charge on any atom is 0.258 e. The highest BCUT2D eigenvalue weighted by atomic mass is 16.7. The average molecular weight is 543 g/mol. The largest absolute Gasteiger partial charge is 0.495 e. The van der Waals surface area contributed by atoms with E-state index in [0.29, 0.717) is 46.9 Å². The summed E-state index contributed by atoms with van der Waals surface area (Å²) in [7, 11) is 6.73. The van der Waals surface area contributed by atoms with Crippen molar-refractivity contribution in [2.75, 3.05) is 26.2 Å². The van der Waals surface area contributed by atoms with Crippen molar-refractivity contribution in [3.8, 4) is 17.2 Å². The summed E-state index contributed by atoms with van der Waals surface area (Å²) in [5.74, 6) is -0.655. The number of ether oxygens (including phenoxy) is 4. The Morgan fingerprint density at radius 1 is 1.02 bits per heavy atom. The number of allylic oxidation sites excluding steroid dienone is 2. The molecule has 1 spiro atoms. The molecule has 40 heavy (non-hydrogen) atoms. The Morgan fingerprint density at radius 2 is 1.73 bits per heavy atom. The fraction of sp³-hybridized carbons (Fsp3) is 0.438. The number of hydrogen-bond donors (Lipinski definition) is 0. The van der Waals surface area contributed by atoms with E-state index in [1.807, 2.05) is 50.2 Å². The summed E-state index contributed by atoms with van der Waals surface area (Å²) >= 11 is 0. The number of amides is 1. The predicted octanol–water partition coefficient (Wildman–Crippen LogP) is 5.01. The molecule has 1 saturated carbocycles. The number of aromatic nitrogens is 1. The van der Waals surface area contributed by atoms with Gasteiger partial charge in [0.15, 0.2) is 0 Å². The Kier molecular flexibility index (Phi) is 4.98. The molecular weight excluding hydrogens is 508 g/mol. The summed E-state index contributed by atoms with van der Waals surface area (Å²) in [6.07, 6.45) is 3.36. The van der Waals surface area contributed by atoms with Crippen LogP contribution < -0.4 is 24.7 Å². The number of benzene rings is 2. The van der Waals surface area contributed by atoms with E-state index < -0.39 is 22.7 Å². The van der Waals surface area contributed by atoms with Crippen molar-refractivity contribution >= 4 is 22.5 Å². The minimum absolute atomic E-state index is 0.128. The molecule has 3 aromatic rings. The molecule has 0 N–H and O–H groups in total. The number of nitrogens with zero attached hydrogens (tertiary/aromatic N) is 2. The van der Waals surface area contributed by atoms with E-state index in [1.54, 1.807) is 37.8 Å². The average Bonchev–Trinajstić information content (AvgIpc) is 2.92. The van der Waals surface area contributed by atoms with Crippen molar-refractivity contribution in [1.29, 1.82) is 0 Å². The molecule has 5 heterocycles. The molecule has 1 aliphatic carbocycles. The third-order valence-corrected chi connectivity index (χ3v) is 9.63. The molecule has 4 unspecified atom stereocenters. The van der Waals surface area contributed by atoms with Crippen LogP contribution in [0.15, 0.2) is 52.8 Å². The van der Waals surface area contributed by atoms with Gasteiger partial charge in [0.25, 0.3) is 11.3 Å². The molecule has 3 fully saturated rings. The fourth-order valence-electron chi connectivity index (χ4n) is 8.34. The molecule has 1 amide bonds. The first-order valence-corrected chi connectivity index (χ1v) is 13.7. The number of pyridine rings is 1. The lowest BCUT2D eigenvalue weighted by Crippen LogP contribution is -2.78. The minimum atomic E-state index is -1.47. The van der Waals surface area contributed by atoms with Crippen LogP contribution >= 0.6 is 0 Å². The Balaban J connectivity index is 1.68. The van der Waals surface area contributed by atoms with Crippen molar-refractivity contribution in [3.63, 3.8) is 0 Å². The lowest BCUT2D eigenvalue weighted by atomic mass is 9.45. The summed E-state index contributed by atoms with van der Waals surface area (Å²) in [6.45, 7) is 6.18. The number of aryl methyl sites for hydroxylation is 1. The van der Waals surface area contributed by atoms with Crippen LogP contribution in [0.1, 0.15) is 50.7 Å². The standard InChI is InChI=1S/C32H34N2O6/c1-17(2)14-18-15-30(3)16-21-24-27(19-10-8-12-22(37-6)25(19)33(4)28(24)35)39-32(40-30)20-11-9-13-23(38-7)26(20)34(5)29(36)31(18,21)32/h8-14,18,21H,15-16H2,1-7H3/t18?,21?,30?,31?,32-/m1/s1. The van der Waals surface area contributed by atoms with Crippen molar-refractivity contribution in [1.82, 2.24) is 4.57 Å². The number of hydrogen-bond acceptors (Lipinski definition) is 6. The maximum atomic E-state index is 15.0. The second-order valence-electron chi connectivity index (χ2n) is 12.1. The smallest absolute Gasteiger partial charge is 0.258 e. The topological polar surface area (TPSA) is 79.2 Å². The van der Waals surface area contributed by atoms with Gasteiger partial charge in [-0.1, -0.05) is 29.8 Å². The van der Waals surface area contributed by atoms with Gasteiger partial charge in [-0.3, -0.25) is 9.59 Å². The summed E-state index contributed by atoms with van der Waals surface area (Å²) in [5, 5.41) is 0.747. The van der Waals surface area contributed by atoms with Crippen LogP contribution in [0, 0.1) is 11.3 Å². The molecule has 8 nitrogen and oxygen atoms in total. The van der Waals surface area contributed by atoms with Crippen molar-refractivity contribution in [3.05, 3.63) is 69.5 Å². The van der Waals surface area contributed by atoms with Gasteiger partial charge in [-0.15, -0.1) is 0 Å². The first-order valence-electron chi connectivity index (χ1n) is 13.7. The first-order chi connectivity index (χ1) is 19.0. The van der Waals surface area contributed by atoms with Crippen LogP contribution in [-0.2, 0) is 22.4 Å². The number of carbonyl (C=O) groups is 1. The van der Waals surface area contributed by atoms with E-state index in [9.17, 15) is 9.59 Å². The number of anilines is 1. The molecular formula is C32H34N2O6. The number of rotatable bonds is 3. The predicted molar refractivity (Wildman–Crippen MR) is 151 cm³/mol. The molecule has 8 heteroatoms. The Bertz CT molecular complexity index is 1720. The molecule has 2 aromatic carbocycles. The van der Waals surface area contributed by atoms with Gasteiger partial charge in [0.2, 0.25) is 5.91 Å². The molecule has 8 rings (SSSR count). The lowest BCUT2D eigenvalue weighted by Gasteiger charge is -2.70. The van der Waals surface area contributed by atoms with Crippen molar-refractivity contribution < 1.29 is 23.7 Å². The van der Waals surface area contributed by atoms with Crippen LogP contribution in [0.3, 0.4) is 0 Å². The molecule has 5 aliphatic rings. The SMILES string of the molecule is COc1cccc2c1N(C)C(=O)C13C(C=C(C)C)CC4(C)CC1c1c(c5cccc(OC)c5n(C)c1=O)O[C@@]23O4. The van der Waals surface area contributed by atoms with E-state index in [4.69, 9.17) is 18.9 Å². The zero-order chi connectivity index (χ0) is 28.4. The van der Waals surface area contributed by atoms with E-state index in [-0.39, 0.29) is 17.4 Å². The Hall–Kier alpha value is -3.78. The highest BCUT2D eigenvalue weighted by Crippen LogP contribution is 2.75. The molecule has 2 saturated heterocycles. The highest BCUT2D eigenvalue weighted by Gasteiger charge is 2.81. The number of carbonyl (C=O) groups excluding carboxylic acids is 1. The lowest BCUT2D eigenvalue weighted by molar-refractivity contribution is -0.386. The summed E-state index contributed by atoms with van der Waals surface area (Å²) < 4.78 is 27.3. The van der Waals surface area contributed by atoms with Crippen molar-refractivity contribution in [2.45, 2.75) is 50.9 Å². The second-order valence-corrected chi connectivity index (χ2v) is 12.1. The highest BCUT2D eigenvalue weighted by molar-refractivity contribution is 6.05. The van der Waals surface area contributed by atoms with Crippen LogP contribution in [0.4, 0.5) is 5.69 Å². The zero-order valence-electron chi connectivity index (χ0n) is 24.0. The van der Waals surface area contributed by atoms with Crippen LogP contribution in [0.5, 0.6) is 17.2 Å². The van der Waals surface area contributed by atoms with Gasteiger partial charge in [0, 0.05) is 31.3 Å². The maximum absolute atomic E-state index is 15.0. The van der Waals surface area contributed by atoms with Crippen LogP contribution in [-0.4, -0.2) is 37.3 Å². The van der Waals surface area contributed by atoms with E-state index in [0.717, 1.165) is 16.5 Å². The molecule has 4 bridgehead atoms. The van der Waals surface area contributed by atoms with Gasteiger partial charge >= 0.3 is 0 Å². The van der Waals surface area contributed by atoms with E-state index in [1.165, 1.54) is 0 Å². The van der Waals surface area contributed by atoms with Gasteiger partial charge in [0.05, 0.1) is 42.2 Å². The summed E-state index contributed by atoms with van der Waals surface area (Å²) in [5.41, 5.74) is 1.63. The zero-order valence-corrected chi connectivity index (χ0v) is 24.0. The van der Waals surface area contributed by atoms with Gasteiger partial charge in [-0.25, -0.2) is 0 Å². The van der Waals surface area contributed by atoms with Crippen molar-refractivity contribution in [2.24, 2.45) is 18.4 Å². The van der Waals surface area contributed by atoms with E-state index >= 15 is 0 Å². The van der Waals surface area contributed by atoms with Gasteiger partial charge in [-0.05, 0) is 51.8 Å². The monoisotopic (exact) mass is 542 g/mol. The molecule has 4 aliphatic heterocycles. The fourth-order valence-corrected chi connectivity index (χ4v) is 8.34. The van der Waals surface area contributed by atoms with E-state index in [2.05, 4.69) is 13.0 Å². The third kappa shape index (κ3) is 2.70.